The van der Waals surface area contributed by atoms with Crippen molar-refractivity contribution >= 4 is 28.8 Å². The summed E-state index contributed by atoms with van der Waals surface area (Å²) < 4.78 is 11.1. The Bertz CT molecular complexity index is 1040. The number of halogens is 1. The number of nitrogens with zero attached hydrogens (tertiary/aromatic N) is 2. The zero-order valence-corrected chi connectivity index (χ0v) is 16.2. The van der Waals surface area contributed by atoms with E-state index in [9.17, 15) is 5.11 Å². The van der Waals surface area contributed by atoms with Crippen LogP contribution in [-0.4, -0.2) is 22.2 Å². The zero-order chi connectivity index (χ0) is 19.7. The molecule has 1 aromatic heterocycles. The van der Waals surface area contributed by atoms with Gasteiger partial charge in [-0.3, -0.25) is 0 Å². The highest BCUT2D eigenvalue weighted by Gasteiger charge is 2.19. The van der Waals surface area contributed by atoms with Gasteiger partial charge in [-0.25, -0.2) is 4.98 Å². The van der Waals surface area contributed by atoms with E-state index < -0.39 is 0 Å². The first kappa shape index (κ1) is 18.2. The summed E-state index contributed by atoms with van der Waals surface area (Å²) in [6, 6.07) is 9.11. The van der Waals surface area contributed by atoms with Crippen LogP contribution in [0.4, 0.5) is 17.2 Å². The predicted molar refractivity (Wildman–Crippen MR) is 108 cm³/mol. The predicted octanol–water partition coefficient (Wildman–Crippen LogP) is 4.40. The van der Waals surface area contributed by atoms with Gasteiger partial charge in [-0.15, -0.1) is 0 Å². The summed E-state index contributed by atoms with van der Waals surface area (Å²) >= 11 is 6.11. The Labute approximate surface area is 167 Å². The number of ether oxygens (including phenoxy) is 2. The minimum absolute atomic E-state index is 0.0862. The molecule has 0 aliphatic carbocycles. The molecule has 3 N–H and O–H groups in total. The van der Waals surface area contributed by atoms with Gasteiger partial charge in [0, 0.05) is 17.3 Å². The minimum Gasteiger partial charge on any atom is -0.504 e. The standard InChI is InChI=1S/C20H19ClN4O3/c1-11-5-14(3-4-15(11)21)25-19-18-20(24-10-23-19)28-9-13-7-17(27-2)16(26)6-12(13)8-22-18/h3-7,10,22,26H,8-9H2,1-2H3,(H,23,24,25). The van der Waals surface area contributed by atoms with E-state index in [-0.39, 0.29) is 5.75 Å². The van der Waals surface area contributed by atoms with Crippen LogP contribution in [-0.2, 0) is 13.2 Å². The van der Waals surface area contributed by atoms with Gasteiger partial charge < -0.3 is 25.2 Å². The molecule has 0 saturated heterocycles. The molecule has 3 aromatic rings. The third-order valence-corrected chi connectivity index (χ3v) is 4.98. The van der Waals surface area contributed by atoms with Crippen LogP contribution in [0.15, 0.2) is 36.7 Å². The Morgan fingerprint density at radius 1 is 1.21 bits per heavy atom. The Kier molecular flexibility index (Phi) is 4.83. The molecule has 0 unspecified atom stereocenters. The second kappa shape index (κ2) is 7.44. The number of phenols is 1. The Hall–Kier alpha value is -3.19. The Morgan fingerprint density at radius 2 is 2.07 bits per heavy atom. The van der Waals surface area contributed by atoms with E-state index in [1.165, 1.54) is 13.4 Å². The summed E-state index contributed by atoms with van der Waals surface area (Å²) in [5.41, 5.74) is 4.28. The number of aryl methyl sites for hydroxylation is 1. The Balaban J connectivity index is 1.65. The third-order valence-electron chi connectivity index (χ3n) is 4.55. The number of benzene rings is 2. The van der Waals surface area contributed by atoms with E-state index in [1.54, 1.807) is 12.1 Å². The fraction of sp³-hybridized carbons (Fsp3) is 0.200. The minimum atomic E-state index is 0.0862. The number of fused-ring (bicyclic) bond motifs is 2. The monoisotopic (exact) mass is 398 g/mol. The highest BCUT2D eigenvalue weighted by molar-refractivity contribution is 6.31. The van der Waals surface area contributed by atoms with E-state index in [4.69, 9.17) is 21.1 Å². The van der Waals surface area contributed by atoms with Crippen LogP contribution in [0.5, 0.6) is 17.4 Å². The summed E-state index contributed by atoms with van der Waals surface area (Å²) in [6.07, 6.45) is 1.45. The van der Waals surface area contributed by atoms with Crippen LogP contribution in [0.25, 0.3) is 0 Å². The van der Waals surface area contributed by atoms with Crippen LogP contribution in [0.2, 0.25) is 5.02 Å². The molecule has 2 heterocycles. The molecule has 0 bridgehead atoms. The molecule has 1 aliphatic heterocycles. The highest BCUT2D eigenvalue weighted by atomic mass is 35.5. The molecule has 0 atom stereocenters. The van der Waals surface area contributed by atoms with Crippen molar-refractivity contribution in [3.05, 3.63) is 58.4 Å². The van der Waals surface area contributed by atoms with Crippen LogP contribution in [0, 0.1) is 6.92 Å². The maximum absolute atomic E-state index is 10.1. The maximum atomic E-state index is 10.1. The van der Waals surface area contributed by atoms with Crippen LogP contribution in [0.3, 0.4) is 0 Å². The van der Waals surface area contributed by atoms with Crippen molar-refractivity contribution in [3.63, 3.8) is 0 Å². The first-order valence-electron chi connectivity index (χ1n) is 8.68. The average molecular weight is 399 g/mol. The van der Waals surface area contributed by atoms with Crippen molar-refractivity contribution < 1.29 is 14.6 Å². The smallest absolute Gasteiger partial charge is 0.243 e. The van der Waals surface area contributed by atoms with Crippen LogP contribution >= 0.6 is 11.6 Å². The molecule has 0 fully saturated rings. The van der Waals surface area contributed by atoms with E-state index in [0.717, 1.165) is 22.4 Å². The highest BCUT2D eigenvalue weighted by Crippen LogP contribution is 2.36. The van der Waals surface area contributed by atoms with Crippen molar-refractivity contribution in [2.75, 3.05) is 17.7 Å². The lowest BCUT2D eigenvalue weighted by molar-refractivity contribution is 0.290. The average Bonchev–Trinajstić information content (AvgIpc) is 2.67. The summed E-state index contributed by atoms with van der Waals surface area (Å²) in [6.45, 7) is 2.72. The maximum Gasteiger partial charge on any atom is 0.243 e. The third kappa shape index (κ3) is 3.48. The van der Waals surface area contributed by atoms with Gasteiger partial charge >= 0.3 is 0 Å². The zero-order valence-electron chi connectivity index (χ0n) is 15.4. The van der Waals surface area contributed by atoms with Gasteiger partial charge in [0.05, 0.1) is 7.11 Å². The van der Waals surface area contributed by atoms with E-state index >= 15 is 0 Å². The van der Waals surface area contributed by atoms with Gasteiger partial charge in [-0.1, -0.05) is 11.6 Å². The number of anilines is 3. The number of hydrogen-bond acceptors (Lipinski definition) is 7. The second-order valence-corrected chi connectivity index (χ2v) is 6.83. The summed E-state index contributed by atoms with van der Waals surface area (Å²) in [5.74, 6) is 1.53. The van der Waals surface area contributed by atoms with Gasteiger partial charge in [-0.05, 0) is 53.9 Å². The molecule has 0 radical (unpaired) electrons. The number of aromatic nitrogens is 2. The SMILES string of the molecule is COc1cc2c(cc1O)CNc1c(Nc3ccc(Cl)c(C)c3)ncnc1OC2. The van der Waals surface area contributed by atoms with E-state index in [1.807, 2.05) is 25.1 Å². The Morgan fingerprint density at radius 3 is 2.86 bits per heavy atom. The molecule has 0 saturated carbocycles. The quantitative estimate of drug-likeness (QED) is 0.602. The lowest BCUT2D eigenvalue weighted by atomic mass is 10.1. The second-order valence-electron chi connectivity index (χ2n) is 6.43. The normalized spacial score (nSPS) is 12.5. The number of nitrogens with one attached hydrogen (secondary N) is 2. The number of methoxy groups -OCH3 is 1. The van der Waals surface area contributed by atoms with Gasteiger partial charge in [0.2, 0.25) is 5.88 Å². The molecule has 7 nitrogen and oxygen atoms in total. The molecular formula is C20H19ClN4O3. The van der Waals surface area contributed by atoms with Crippen molar-refractivity contribution in [1.82, 2.24) is 9.97 Å². The fourth-order valence-corrected chi connectivity index (χ4v) is 3.16. The first-order chi connectivity index (χ1) is 13.5. The number of hydrogen-bond donors (Lipinski definition) is 3. The van der Waals surface area contributed by atoms with Crippen LogP contribution < -0.4 is 20.1 Å². The topological polar surface area (TPSA) is 88.5 Å². The van der Waals surface area contributed by atoms with E-state index in [0.29, 0.717) is 41.3 Å². The van der Waals surface area contributed by atoms with Crippen molar-refractivity contribution in [1.29, 1.82) is 0 Å². The number of rotatable bonds is 3. The molecular weight excluding hydrogens is 380 g/mol. The molecule has 28 heavy (non-hydrogen) atoms. The van der Waals surface area contributed by atoms with Gasteiger partial charge in [0.1, 0.15) is 18.6 Å². The first-order valence-corrected chi connectivity index (χ1v) is 9.06. The molecule has 8 heteroatoms. The summed E-state index contributed by atoms with van der Waals surface area (Å²) in [4.78, 5) is 8.60. The number of phenolic OH excluding ortho intramolecular Hbond substituents is 1. The molecule has 0 spiro atoms. The largest absolute Gasteiger partial charge is 0.504 e. The molecule has 4 rings (SSSR count). The van der Waals surface area contributed by atoms with E-state index in [2.05, 4.69) is 20.6 Å². The van der Waals surface area contributed by atoms with Crippen molar-refractivity contribution in [2.24, 2.45) is 0 Å². The fourth-order valence-electron chi connectivity index (χ4n) is 3.04. The molecule has 1 aliphatic rings. The molecule has 2 aromatic carbocycles. The number of aromatic hydroxyl groups is 1. The van der Waals surface area contributed by atoms with Gasteiger partial charge in [0.25, 0.3) is 0 Å². The van der Waals surface area contributed by atoms with Crippen molar-refractivity contribution in [2.45, 2.75) is 20.1 Å². The van der Waals surface area contributed by atoms with Crippen molar-refractivity contribution in [3.8, 4) is 17.4 Å². The lowest BCUT2D eigenvalue weighted by Gasteiger charge is -2.21. The van der Waals surface area contributed by atoms with Crippen LogP contribution in [0.1, 0.15) is 16.7 Å². The van der Waals surface area contributed by atoms with Gasteiger partial charge in [-0.2, -0.15) is 4.98 Å². The summed E-state index contributed by atoms with van der Waals surface area (Å²) in [7, 11) is 1.52. The summed E-state index contributed by atoms with van der Waals surface area (Å²) in [5, 5.41) is 17.4. The molecule has 144 valence electrons. The van der Waals surface area contributed by atoms with Gasteiger partial charge in [0.15, 0.2) is 17.3 Å². The lowest BCUT2D eigenvalue weighted by Crippen LogP contribution is -2.14. The molecule has 0 amide bonds.